The SMILES string of the molecule is O=S([O-])c1cc(CO)cc(Oc2ccc(F)cc2)c1. The highest BCUT2D eigenvalue weighted by molar-refractivity contribution is 7.79. The molecule has 0 aliphatic rings. The molecule has 0 fully saturated rings. The van der Waals surface area contributed by atoms with Gasteiger partial charge in [-0.25, -0.2) is 4.39 Å². The monoisotopic (exact) mass is 281 g/mol. The zero-order chi connectivity index (χ0) is 13.8. The zero-order valence-corrected chi connectivity index (χ0v) is 10.5. The maximum atomic E-state index is 12.7. The summed E-state index contributed by atoms with van der Waals surface area (Å²) in [5.74, 6) is 0.245. The van der Waals surface area contributed by atoms with Gasteiger partial charge in [0.2, 0.25) is 0 Å². The Kier molecular flexibility index (Phi) is 4.26. The van der Waals surface area contributed by atoms with Gasteiger partial charge in [-0.05, 0) is 59.1 Å². The van der Waals surface area contributed by atoms with Crippen LogP contribution in [0, 0.1) is 5.82 Å². The Morgan fingerprint density at radius 1 is 1.16 bits per heavy atom. The molecule has 1 N–H and O–H groups in total. The first kappa shape index (κ1) is 13.7. The summed E-state index contributed by atoms with van der Waals surface area (Å²) >= 11 is -2.41. The van der Waals surface area contributed by atoms with Crippen LogP contribution < -0.4 is 4.74 Å². The summed E-state index contributed by atoms with van der Waals surface area (Å²) in [4.78, 5) is 0.0173. The fraction of sp³-hybridized carbons (Fsp3) is 0.0769. The number of benzene rings is 2. The number of halogens is 1. The molecule has 6 heteroatoms. The first-order valence-corrected chi connectivity index (χ1v) is 6.43. The third kappa shape index (κ3) is 3.60. The van der Waals surface area contributed by atoms with Gasteiger partial charge in [-0.15, -0.1) is 0 Å². The van der Waals surface area contributed by atoms with Crippen molar-refractivity contribution in [1.29, 1.82) is 0 Å². The van der Waals surface area contributed by atoms with E-state index >= 15 is 0 Å². The minimum atomic E-state index is -2.41. The summed E-state index contributed by atoms with van der Waals surface area (Å²) in [6.45, 7) is -0.301. The molecule has 4 nitrogen and oxygen atoms in total. The first-order valence-electron chi connectivity index (χ1n) is 5.36. The predicted octanol–water partition coefficient (Wildman–Crippen LogP) is 2.35. The lowest BCUT2D eigenvalue weighted by Crippen LogP contribution is -1.94. The maximum Gasteiger partial charge on any atom is 0.128 e. The van der Waals surface area contributed by atoms with Gasteiger partial charge in [0.05, 0.1) is 6.61 Å². The van der Waals surface area contributed by atoms with Crippen LogP contribution in [0.5, 0.6) is 11.5 Å². The second-order valence-electron chi connectivity index (χ2n) is 3.76. The van der Waals surface area contributed by atoms with Gasteiger partial charge in [0.25, 0.3) is 0 Å². The summed E-state index contributed by atoms with van der Waals surface area (Å²) in [5.41, 5.74) is 0.416. The molecule has 19 heavy (non-hydrogen) atoms. The van der Waals surface area contributed by atoms with Crippen molar-refractivity contribution < 1.29 is 23.0 Å². The number of hydrogen-bond donors (Lipinski definition) is 1. The van der Waals surface area contributed by atoms with Crippen molar-refractivity contribution in [2.75, 3.05) is 0 Å². The van der Waals surface area contributed by atoms with E-state index in [9.17, 15) is 13.2 Å². The molecule has 1 atom stereocenters. The number of ether oxygens (including phenoxy) is 1. The van der Waals surface area contributed by atoms with Crippen LogP contribution in [0.3, 0.4) is 0 Å². The Bertz CT molecular complexity index is 598. The van der Waals surface area contributed by atoms with E-state index in [-0.39, 0.29) is 17.3 Å². The third-order valence-corrected chi connectivity index (χ3v) is 2.98. The molecule has 0 bridgehead atoms. The Balaban J connectivity index is 2.31. The predicted molar refractivity (Wildman–Crippen MR) is 66.0 cm³/mol. The van der Waals surface area contributed by atoms with Crippen LogP contribution in [0.15, 0.2) is 47.4 Å². The largest absolute Gasteiger partial charge is 0.768 e. The lowest BCUT2D eigenvalue weighted by Gasteiger charge is -2.11. The first-order chi connectivity index (χ1) is 9.08. The second kappa shape index (κ2) is 5.92. The number of aliphatic hydroxyl groups is 1. The molecule has 2 aromatic rings. The van der Waals surface area contributed by atoms with Crippen LogP contribution in [0.1, 0.15) is 5.56 Å². The maximum absolute atomic E-state index is 12.7. The van der Waals surface area contributed by atoms with Crippen LogP contribution in [-0.2, 0) is 17.7 Å². The molecule has 2 rings (SSSR count). The van der Waals surface area contributed by atoms with Crippen LogP contribution in [0.4, 0.5) is 4.39 Å². The van der Waals surface area contributed by atoms with Gasteiger partial charge < -0.3 is 14.4 Å². The summed E-state index contributed by atoms with van der Waals surface area (Å²) in [6.07, 6.45) is 0. The van der Waals surface area contributed by atoms with Crippen LogP contribution in [-0.4, -0.2) is 13.9 Å². The van der Waals surface area contributed by atoms with Crippen LogP contribution in [0.2, 0.25) is 0 Å². The molecule has 100 valence electrons. The van der Waals surface area contributed by atoms with Gasteiger partial charge in [-0.3, -0.25) is 4.21 Å². The van der Waals surface area contributed by atoms with Crippen molar-refractivity contribution in [1.82, 2.24) is 0 Å². The summed E-state index contributed by atoms with van der Waals surface area (Å²) in [5, 5.41) is 9.06. The van der Waals surface area contributed by atoms with Gasteiger partial charge in [-0.2, -0.15) is 0 Å². The molecule has 0 aromatic heterocycles. The molecule has 0 radical (unpaired) electrons. The van der Waals surface area contributed by atoms with Crippen LogP contribution in [0.25, 0.3) is 0 Å². The van der Waals surface area contributed by atoms with E-state index in [1.807, 2.05) is 0 Å². The quantitative estimate of drug-likeness (QED) is 0.873. The number of hydrogen-bond acceptors (Lipinski definition) is 4. The fourth-order valence-electron chi connectivity index (χ4n) is 1.52. The number of aliphatic hydroxyl groups excluding tert-OH is 1. The van der Waals surface area contributed by atoms with Gasteiger partial charge in [0.15, 0.2) is 0 Å². The summed E-state index contributed by atoms with van der Waals surface area (Å²) in [6, 6.07) is 9.51. The van der Waals surface area contributed by atoms with Crippen molar-refractivity contribution in [3.63, 3.8) is 0 Å². The topological polar surface area (TPSA) is 69.6 Å². The van der Waals surface area contributed by atoms with Crippen molar-refractivity contribution in [3.05, 3.63) is 53.8 Å². The third-order valence-electron chi connectivity index (χ3n) is 2.36. The highest BCUT2D eigenvalue weighted by Crippen LogP contribution is 2.25. The van der Waals surface area contributed by atoms with E-state index in [2.05, 4.69) is 0 Å². The summed E-state index contributed by atoms with van der Waals surface area (Å²) in [7, 11) is 0. The fourth-order valence-corrected chi connectivity index (χ4v) is 1.98. The highest BCUT2D eigenvalue weighted by atomic mass is 32.2. The van der Waals surface area contributed by atoms with Gasteiger partial charge >= 0.3 is 0 Å². The molecule has 0 heterocycles. The average Bonchev–Trinajstić information content (AvgIpc) is 2.41. The molecule has 1 unspecified atom stereocenters. The molecule has 2 aromatic carbocycles. The van der Waals surface area contributed by atoms with Gasteiger partial charge in [0.1, 0.15) is 17.3 Å². The van der Waals surface area contributed by atoms with E-state index in [0.717, 1.165) is 0 Å². The number of rotatable bonds is 4. The Labute approximate surface area is 111 Å². The lowest BCUT2D eigenvalue weighted by molar-refractivity contribution is 0.281. The molecular weight excluding hydrogens is 271 g/mol. The average molecular weight is 281 g/mol. The van der Waals surface area contributed by atoms with Crippen LogP contribution >= 0.6 is 0 Å². The van der Waals surface area contributed by atoms with E-state index < -0.39 is 16.9 Å². The minimum Gasteiger partial charge on any atom is -0.768 e. The molecule has 0 saturated heterocycles. The normalized spacial score (nSPS) is 12.2. The zero-order valence-electron chi connectivity index (χ0n) is 9.71. The van der Waals surface area contributed by atoms with Crippen molar-refractivity contribution in [2.45, 2.75) is 11.5 Å². The van der Waals surface area contributed by atoms with Gasteiger partial charge in [-0.1, -0.05) is 0 Å². The molecule has 0 spiro atoms. The molecule has 0 saturated carbocycles. The van der Waals surface area contributed by atoms with Crippen molar-refractivity contribution in [3.8, 4) is 11.5 Å². The highest BCUT2D eigenvalue weighted by Gasteiger charge is 2.04. The second-order valence-corrected chi connectivity index (χ2v) is 4.70. The van der Waals surface area contributed by atoms with E-state index in [1.54, 1.807) is 0 Å². The van der Waals surface area contributed by atoms with Gasteiger partial charge in [0, 0.05) is 4.90 Å². The Morgan fingerprint density at radius 2 is 1.84 bits per heavy atom. The molecule has 0 aliphatic heterocycles. The smallest absolute Gasteiger partial charge is 0.128 e. The van der Waals surface area contributed by atoms with E-state index in [0.29, 0.717) is 11.3 Å². The standard InChI is InChI=1S/C13H11FO4S/c14-10-1-3-11(4-2-10)18-12-5-9(8-15)6-13(7-12)19(16)17/h1-7,15H,8H2,(H,16,17)/p-1. The lowest BCUT2D eigenvalue weighted by atomic mass is 10.2. The minimum absolute atomic E-state index is 0.0173. The molecule has 0 aliphatic carbocycles. The van der Waals surface area contributed by atoms with E-state index in [4.69, 9.17) is 9.84 Å². The van der Waals surface area contributed by atoms with Crippen molar-refractivity contribution >= 4 is 11.1 Å². The Morgan fingerprint density at radius 3 is 2.42 bits per heavy atom. The molecule has 0 amide bonds. The Hall–Kier alpha value is -1.76. The van der Waals surface area contributed by atoms with Crippen molar-refractivity contribution in [2.24, 2.45) is 0 Å². The molecular formula is C13H10FO4S-. The van der Waals surface area contributed by atoms with E-state index in [1.165, 1.54) is 42.5 Å². The summed E-state index contributed by atoms with van der Waals surface area (Å²) < 4.78 is 40.0.